The SMILES string of the molecule is Cl.Cl.NCC1(C(=O)N2CCN(C3CC3)CC2)CCCC1. The van der Waals surface area contributed by atoms with E-state index >= 15 is 0 Å². The van der Waals surface area contributed by atoms with E-state index in [0.29, 0.717) is 12.5 Å². The molecule has 3 fully saturated rings. The minimum Gasteiger partial charge on any atom is -0.340 e. The summed E-state index contributed by atoms with van der Waals surface area (Å²) in [5.41, 5.74) is 5.70. The Morgan fingerprint density at radius 3 is 2.05 bits per heavy atom. The summed E-state index contributed by atoms with van der Waals surface area (Å²) in [6.07, 6.45) is 7.08. The zero-order valence-corrected chi connectivity index (χ0v) is 13.7. The maximum atomic E-state index is 12.7. The first-order chi connectivity index (χ1) is 8.75. The van der Waals surface area contributed by atoms with Crippen molar-refractivity contribution < 1.29 is 4.79 Å². The van der Waals surface area contributed by atoms with Crippen molar-refractivity contribution in [3.05, 3.63) is 0 Å². The average molecular weight is 324 g/mol. The van der Waals surface area contributed by atoms with Crippen LogP contribution in [0.3, 0.4) is 0 Å². The summed E-state index contributed by atoms with van der Waals surface area (Å²) in [7, 11) is 0. The second-order valence-electron chi connectivity index (χ2n) is 6.25. The maximum Gasteiger partial charge on any atom is 0.230 e. The molecule has 1 amide bonds. The molecule has 2 saturated carbocycles. The number of nitrogens with zero attached hydrogens (tertiary/aromatic N) is 2. The summed E-state index contributed by atoms with van der Waals surface area (Å²) in [4.78, 5) is 17.3. The number of hydrogen-bond acceptors (Lipinski definition) is 3. The molecule has 1 saturated heterocycles. The fraction of sp³-hybridized carbons (Fsp3) is 0.929. The molecule has 2 N–H and O–H groups in total. The standard InChI is InChI=1S/C14H25N3O.2ClH/c15-11-14(5-1-2-6-14)13(18)17-9-7-16(8-10-17)12-3-4-12;;/h12H,1-11,15H2;2*1H. The molecule has 3 aliphatic rings. The van der Waals surface area contributed by atoms with Crippen molar-refractivity contribution in [3.63, 3.8) is 0 Å². The molecule has 118 valence electrons. The van der Waals surface area contributed by atoms with Crippen LogP contribution in [-0.4, -0.2) is 54.5 Å². The summed E-state index contributed by atoms with van der Waals surface area (Å²) in [5.74, 6) is 0.345. The molecular weight excluding hydrogens is 297 g/mol. The minimum atomic E-state index is -0.207. The molecule has 1 aliphatic heterocycles. The smallest absolute Gasteiger partial charge is 0.230 e. The second kappa shape index (κ2) is 7.30. The first kappa shape index (κ1) is 18.0. The highest BCUT2D eigenvalue weighted by molar-refractivity contribution is 5.85. The molecule has 0 spiro atoms. The van der Waals surface area contributed by atoms with Crippen molar-refractivity contribution in [3.8, 4) is 0 Å². The number of carbonyl (C=O) groups excluding carboxylic acids is 1. The van der Waals surface area contributed by atoms with E-state index in [1.165, 1.54) is 25.7 Å². The van der Waals surface area contributed by atoms with Gasteiger partial charge in [0.25, 0.3) is 0 Å². The first-order valence-corrected chi connectivity index (χ1v) is 7.49. The van der Waals surface area contributed by atoms with E-state index < -0.39 is 0 Å². The number of amides is 1. The fourth-order valence-corrected chi connectivity index (χ4v) is 3.62. The van der Waals surface area contributed by atoms with Gasteiger partial charge in [0.1, 0.15) is 0 Å². The van der Waals surface area contributed by atoms with Crippen LogP contribution in [0.4, 0.5) is 0 Å². The van der Waals surface area contributed by atoms with E-state index in [0.717, 1.165) is 45.1 Å². The Bertz CT molecular complexity index is 322. The van der Waals surface area contributed by atoms with Gasteiger partial charge in [0.15, 0.2) is 0 Å². The van der Waals surface area contributed by atoms with Crippen molar-refractivity contribution in [1.82, 2.24) is 9.80 Å². The van der Waals surface area contributed by atoms with Crippen molar-refractivity contribution in [2.75, 3.05) is 32.7 Å². The van der Waals surface area contributed by atoms with Crippen molar-refractivity contribution in [2.45, 2.75) is 44.6 Å². The molecule has 0 bridgehead atoms. The van der Waals surface area contributed by atoms with Crippen LogP contribution in [0.1, 0.15) is 38.5 Å². The lowest BCUT2D eigenvalue weighted by Crippen LogP contribution is -2.54. The maximum absolute atomic E-state index is 12.7. The fourth-order valence-electron chi connectivity index (χ4n) is 3.62. The van der Waals surface area contributed by atoms with E-state index in [1.807, 2.05) is 0 Å². The van der Waals surface area contributed by atoms with Gasteiger partial charge in [0, 0.05) is 38.8 Å². The summed E-state index contributed by atoms with van der Waals surface area (Å²) < 4.78 is 0. The third kappa shape index (κ3) is 3.41. The monoisotopic (exact) mass is 323 g/mol. The highest BCUT2D eigenvalue weighted by Gasteiger charge is 2.43. The molecule has 1 heterocycles. The number of nitrogens with two attached hydrogens (primary N) is 1. The number of rotatable bonds is 3. The number of piperazine rings is 1. The van der Waals surface area contributed by atoms with E-state index in [9.17, 15) is 4.79 Å². The Kier molecular flexibility index (Phi) is 6.58. The van der Waals surface area contributed by atoms with Crippen LogP contribution < -0.4 is 5.73 Å². The Hall–Kier alpha value is -0.0300. The second-order valence-corrected chi connectivity index (χ2v) is 6.25. The predicted molar refractivity (Wildman–Crippen MR) is 85.6 cm³/mol. The van der Waals surface area contributed by atoms with E-state index in [-0.39, 0.29) is 30.2 Å². The predicted octanol–water partition coefficient (Wildman–Crippen LogP) is 1.66. The van der Waals surface area contributed by atoms with Crippen molar-refractivity contribution in [1.29, 1.82) is 0 Å². The molecule has 6 heteroatoms. The van der Waals surface area contributed by atoms with Crippen LogP contribution in [0.5, 0.6) is 0 Å². The highest BCUT2D eigenvalue weighted by atomic mass is 35.5. The summed E-state index contributed by atoms with van der Waals surface area (Å²) in [5, 5.41) is 0. The van der Waals surface area contributed by atoms with Crippen LogP contribution in [0.15, 0.2) is 0 Å². The van der Waals surface area contributed by atoms with E-state index in [4.69, 9.17) is 5.73 Å². The van der Waals surface area contributed by atoms with Crippen LogP contribution in [0, 0.1) is 5.41 Å². The quantitative estimate of drug-likeness (QED) is 0.859. The van der Waals surface area contributed by atoms with Gasteiger partial charge < -0.3 is 10.6 Å². The van der Waals surface area contributed by atoms with Crippen molar-refractivity contribution in [2.24, 2.45) is 11.1 Å². The Morgan fingerprint density at radius 1 is 1.05 bits per heavy atom. The third-order valence-corrected chi connectivity index (χ3v) is 5.07. The summed E-state index contributed by atoms with van der Waals surface area (Å²) in [6.45, 7) is 4.50. The van der Waals surface area contributed by atoms with Gasteiger partial charge in [-0.1, -0.05) is 12.8 Å². The zero-order chi connectivity index (χ0) is 12.6. The molecule has 0 radical (unpaired) electrons. The zero-order valence-electron chi connectivity index (χ0n) is 12.1. The topological polar surface area (TPSA) is 49.6 Å². The van der Waals surface area contributed by atoms with Crippen LogP contribution in [0.25, 0.3) is 0 Å². The van der Waals surface area contributed by atoms with Crippen LogP contribution >= 0.6 is 24.8 Å². The Morgan fingerprint density at radius 2 is 1.60 bits per heavy atom. The Labute approximate surface area is 134 Å². The molecule has 20 heavy (non-hydrogen) atoms. The molecule has 0 atom stereocenters. The van der Waals surface area contributed by atoms with Gasteiger partial charge in [-0.05, 0) is 25.7 Å². The molecule has 2 aliphatic carbocycles. The summed E-state index contributed by atoms with van der Waals surface area (Å²) in [6, 6.07) is 0.831. The van der Waals surface area contributed by atoms with E-state index in [2.05, 4.69) is 9.80 Å². The normalized spacial score (nSPS) is 25.8. The highest BCUT2D eigenvalue weighted by Crippen LogP contribution is 2.39. The number of halogens is 2. The molecule has 4 nitrogen and oxygen atoms in total. The average Bonchev–Trinajstić information content (AvgIpc) is 3.16. The number of carbonyl (C=O) groups is 1. The molecule has 0 aromatic heterocycles. The molecular formula is C14H27Cl2N3O. The largest absolute Gasteiger partial charge is 0.340 e. The minimum absolute atomic E-state index is 0. The lowest BCUT2D eigenvalue weighted by atomic mass is 9.84. The van der Waals surface area contributed by atoms with Gasteiger partial charge in [-0.2, -0.15) is 0 Å². The lowest BCUT2D eigenvalue weighted by Gasteiger charge is -2.39. The molecule has 0 aromatic carbocycles. The molecule has 0 aromatic rings. The van der Waals surface area contributed by atoms with Gasteiger partial charge in [0.2, 0.25) is 5.91 Å². The van der Waals surface area contributed by atoms with Gasteiger partial charge in [-0.15, -0.1) is 24.8 Å². The van der Waals surface area contributed by atoms with E-state index in [1.54, 1.807) is 0 Å². The molecule has 3 rings (SSSR count). The van der Waals surface area contributed by atoms with Crippen LogP contribution in [-0.2, 0) is 4.79 Å². The van der Waals surface area contributed by atoms with Crippen LogP contribution in [0.2, 0.25) is 0 Å². The van der Waals surface area contributed by atoms with Gasteiger partial charge in [0.05, 0.1) is 5.41 Å². The molecule has 0 unspecified atom stereocenters. The van der Waals surface area contributed by atoms with Gasteiger partial charge in [-0.25, -0.2) is 0 Å². The number of hydrogen-bond donors (Lipinski definition) is 1. The third-order valence-electron chi connectivity index (χ3n) is 5.07. The summed E-state index contributed by atoms with van der Waals surface area (Å²) >= 11 is 0. The van der Waals surface area contributed by atoms with Gasteiger partial charge in [-0.3, -0.25) is 9.69 Å². The van der Waals surface area contributed by atoms with Crippen molar-refractivity contribution >= 4 is 30.7 Å². The van der Waals surface area contributed by atoms with Gasteiger partial charge >= 0.3 is 0 Å². The lowest BCUT2D eigenvalue weighted by molar-refractivity contribution is -0.143. The first-order valence-electron chi connectivity index (χ1n) is 7.49. The Balaban J connectivity index is 0.000001000.